The summed E-state index contributed by atoms with van der Waals surface area (Å²) in [5.74, 6) is 0.879. The van der Waals surface area contributed by atoms with E-state index in [2.05, 4.69) is 15.0 Å². The van der Waals surface area contributed by atoms with Gasteiger partial charge < -0.3 is 23.7 Å². The quantitative estimate of drug-likeness (QED) is 0.569. The molecule has 0 atom stereocenters. The summed E-state index contributed by atoms with van der Waals surface area (Å²) < 4.78 is 64.6. The first-order valence-corrected chi connectivity index (χ1v) is 8.46. The highest BCUT2D eigenvalue weighted by molar-refractivity contribution is 5.70. The maximum atomic E-state index is 12.7. The maximum absolute atomic E-state index is 12.7. The summed E-state index contributed by atoms with van der Waals surface area (Å²) in [7, 11) is 5.75. The maximum Gasteiger partial charge on any atom is 0.573 e. The van der Waals surface area contributed by atoms with Gasteiger partial charge in [0.1, 0.15) is 11.5 Å². The highest BCUT2D eigenvalue weighted by atomic mass is 19.4. The average Bonchev–Trinajstić information content (AvgIpc) is 3.21. The normalized spacial score (nSPS) is 11.2. The van der Waals surface area contributed by atoms with Crippen molar-refractivity contribution in [1.82, 2.24) is 15.0 Å². The number of hydrogen-bond donors (Lipinski definition) is 0. The smallest absolute Gasteiger partial charge is 0.497 e. The van der Waals surface area contributed by atoms with Crippen molar-refractivity contribution in [3.8, 4) is 45.7 Å². The van der Waals surface area contributed by atoms with Crippen LogP contribution in [0.4, 0.5) is 13.2 Å². The molecule has 2 aromatic carbocycles. The van der Waals surface area contributed by atoms with Crippen LogP contribution in [0.25, 0.3) is 16.9 Å². The van der Waals surface area contributed by atoms with Crippen LogP contribution in [0, 0.1) is 0 Å². The zero-order chi connectivity index (χ0) is 21.9. The number of nitrogens with zero attached hydrogens (tertiary/aromatic N) is 3. The average molecular weight is 425 g/mol. The number of benzene rings is 2. The fourth-order valence-corrected chi connectivity index (χ4v) is 2.84. The van der Waals surface area contributed by atoms with Gasteiger partial charge in [-0.2, -0.15) is 0 Å². The van der Waals surface area contributed by atoms with E-state index in [1.54, 1.807) is 12.1 Å². The van der Waals surface area contributed by atoms with Crippen molar-refractivity contribution in [2.75, 3.05) is 28.4 Å². The van der Waals surface area contributed by atoms with Gasteiger partial charge in [-0.05, 0) is 12.1 Å². The van der Waals surface area contributed by atoms with E-state index in [9.17, 15) is 13.2 Å². The fraction of sp³-hybridized carbons (Fsp3) is 0.263. The zero-order valence-electron chi connectivity index (χ0n) is 16.5. The molecule has 0 radical (unpaired) electrons. The molecule has 0 amide bonds. The summed E-state index contributed by atoms with van der Waals surface area (Å²) in [6, 6.07) is 7.13. The summed E-state index contributed by atoms with van der Waals surface area (Å²) in [4.78, 5) is 0. The van der Waals surface area contributed by atoms with E-state index in [1.165, 1.54) is 51.5 Å². The number of ether oxygens (including phenoxy) is 5. The second kappa shape index (κ2) is 8.39. The molecule has 0 spiro atoms. The number of rotatable bonds is 7. The molecule has 1 aromatic heterocycles. The highest BCUT2D eigenvalue weighted by Crippen LogP contribution is 2.41. The lowest BCUT2D eigenvalue weighted by molar-refractivity contribution is -0.274. The van der Waals surface area contributed by atoms with Crippen LogP contribution in [0.5, 0.6) is 28.7 Å². The van der Waals surface area contributed by atoms with Crippen molar-refractivity contribution < 1.29 is 36.9 Å². The second-order valence-electron chi connectivity index (χ2n) is 5.86. The SMILES string of the molecule is COc1cc(OC(F)(F)F)cc(-n2nncc2-c2cc(OC)c(OC)c(OC)c2)c1. The number of halogens is 3. The molecule has 0 aliphatic carbocycles. The van der Waals surface area contributed by atoms with Crippen molar-refractivity contribution in [1.29, 1.82) is 0 Å². The number of alkyl halides is 3. The van der Waals surface area contributed by atoms with Gasteiger partial charge in [0.25, 0.3) is 0 Å². The van der Waals surface area contributed by atoms with E-state index in [0.29, 0.717) is 28.5 Å². The Hall–Kier alpha value is -3.63. The standard InChI is InChI=1S/C19H18F3N3O5/c1-26-13-7-12(8-14(9-13)30-19(20,21)22)25-15(10-23-24-25)11-5-16(27-2)18(29-4)17(6-11)28-3/h5-10H,1-4H3. The Balaban J connectivity index is 2.13. The van der Waals surface area contributed by atoms with Gasteiger partial charge in [-0.1, -0.05) is 5.21 Å². The molecule has 1 heterocycles. The molecule has 11 heteroatoms. The number of aromatic nitrogens is 3. The van der Waals surface area contributed by atoms with Crippen molar-refractivity contribution in [3.05, 3.63) is 36.5 Å². The third-order valence-corrected chi connectivity index (χ3v) is 4.09. The predicted molar refractivity (Wildman–Crippen MR) is 99.7 cm³/mol. The minimum atomic E-state index is -4.86. The summed E-state index contributed by atoms with van der Waals surface area (Å²) >= 11 is 0. The lowest BCUT2D eigenvalue weighted by atomic mass is 10.1. The van der Waals surface area contributed by atoms with Gasteiger partial charge in [0.2, 0.25) is 5.75 Å². The van der Waals surface area contributed by atoms with Crippen LogP contribution >= 0.6 is 0 Å². The number of hydrogen-bond acceptors (Lipinski definition) is 7. The summed E-state index contributed by atoms with van der Waals surface area (Å²) in [6.07, 6.45) is -3.41. The third kappa shape index (κ3) is 4.34. The molecule has 3 aromatic rings. The Labute approximate surface area is 169 Å². The largest absolute Gasteiger partial charge is 0.573 e. The lowest BCUT2D eigenvalue weighted by Gasteiger charge is -2.15. The zero-order valence-corrected chi connectivity index (χ0v) is 16.5. The van der Waals surface area contributed by atoms with E-state index in [1.807, 2.05) is 0 Å². The Bertz CT molecular complexity index is 1010. The first-order valence-electron chi connectivity index (χ1n) is 8.46. The Morgan fingerprint density at radius 2 is 1.43 bits per heavy atom. The molecule has 0 unspecified atom stereocenters. The van der Waals surface area contributed by atoms with Crippen LogP contribution < -0.4 is 23.7 Å². The Morgan fingerprint density at radius 3 is 1.97 bits per heavy atom. The third-order valence-electron chi connectivity index (χ3n) is 4.09. The van der Waals surface area contributed by atoms with E-state index in [4.69, 9.17) is 18.9 Å². The Kier molecular flexibility index (Phi) is 5.90. The summed E-state index contributed by atoms with van der Waals surface area (Å²) in [5, 5.41) is 7.88. The lowest BCUT2D eigenvalue weighted by Crippen LogP contribution is -2.17. The number of methoxy groups -OCH3 is 4. The van der Waals surface area contributed by atoms with Crippen molar-refractivity contribution in [3.63, 3.8) is 0 Å². The molecular formula is C19H18F3N3O5. The van der Waals surface area contributed by atoms with Gasteiger partial charge in [-0.3, -0.25) is 0 Å². The molecule has 0 N–H and O–H groups in total. The molecule has 0 saturated carbocycles. The van der Waals surface area contributed by atoms with Gasteiger partial charge in [0, 0.05) is 23.8 Å². The van der Waals surface area contributed by atoms with Crippen LogP contribution in [0.3, 0.4) is 0 Å². The van der Waals surface area contributed by atoms with Gasteiger partial charge in [-0.25, -0.2) is 4.68 Å². The minimum Gasteiger partial charge on any atom is -0.497 e. The van der Waals surface area contributed by atoms with Gasteiger partial charge in [0.15, 0.2) is 11.5 Å². The molecule has 3 rings (SSSR count). The molecule has 160 valence electrons. The Morgan fingerprint density at radius 1 is 0.800 bits per heavy atom. The first kappa shape index (κ1) is 21.1. The molecule has 0 bridgehead atoms. The van der Waals surface area contributed by atoms with Gasteiger partial charge >= 0.3 is 6.36 Å². The molecule has 0 fully saturated rings. The summed E-state index contributed by atoms with van der Waals surface area (Å²) in [6.45, 7) is 0. The van der Waals surface area contributed by atoms with E-state index in [0.717, 1.165) is 6.07 Å². The summed E-state index contributed by atoms with van der Waals surface area (Å²) in [5.41, 5.74) is 1.28. The molecule has 8 nitrogen and oxygen atoms in total. The van der Waals surface area contributed by atoms with Crippen molar-refractivity contribution in [2.24, 2.45) is 0 Å². The first-order chi connectivity index (χ1) is 14.3. The van der Waals surface area contributed by atoms with Crippen LogP contribution in [-0.4, -0.2) is 49.8 Å². The van der Waals surface area contributed by atoms with E-state index < -0.39 is 12.1 Å². The second-order valence-corrected chi connectivity index (χ2v) is 5.86. The van der Waals surface area contributed by atoms with E-state index >= 15 is 0 Å². The predicted octanol–water partition coefficient (Wildman–Crippen LogP) is 3.87. The molecule has 0 saturated heterocycles. The van der Waals surface area contributed by atoms with Crippen molar-refractivity contribution >= 4 is 0 Å². The van der Waals surface area contributed by atoms with Crippen LogP contribution in [0.2, 0.25) is 0 Å². The monoisotopic (exact) mass is 425 g/mol. The van der Waals surface area contributed by atoms with Crippen LogP contribution in [0.15, 0.2) is 36.5 Å². The van der Waals surface area contributed by atoms with Crippen LogP contribution in [-0.2, 0) is 0 Å². The van der Waals surface area contributed by atoms with Gasteiger partial charge in [0.05, 0.1) is 46.0 Å². The molecule has 0 aliphatic rings. The molecular weight excluding hydrogens is 407 g/mol. The molecule has 0 aliphatic heterocycles. The van der Waals surface area contributed by atoms with Gasteiger partial charge in [-0.15, -0.1) is 18.3 Å². The van der Waals surface area contributed by atoms with Crippen molar-refractivity contribution in [2.45, 2.75) is 6.36 Å². The van der Waals surface area contributed by atoms with E-state index in [-0.39, 0.29) is 11.4 Å². The highest BCUT2D eigenvalue weighted by Gasteiger charge is 2.31. The van der Waals surface area contributed by atoms with Crippen LogP contribution in [0.1, 0.15) is 0 Å². The minimum absolute atomic E-state index is 0.151. The fourth-order valence-electron chi connectivity index (χ4n) is 2.84. The molecule has 30 heavy (non-hydrogen) atoms. The topological polar surface area (TPSA) is 76.9 Å².